The van der Waals surface area contributed by atoms with Crippen LogP contribution >= 0.6 is 11.6 Å². The monoisotopic (exact) mass is 482 g/mol. The number of hydrogen-bond acceptors (Lipinski definition) is 7. The number of carbonyl (C=O) groups is 1. The zero-order valence-electron chi connectivity index (χ0n) is 19.1. The van der Waals surface area contributed by atoms with Gasteiger partial charge in [0.05, 0.1) is 5.02 Å². The van der Waals surface area contributed by atoms with E-state index >= 15 is 0 Å². The van der Waals surface area contributed by atoms with Gasteiger partial charge in [-0.3, -0.25) is 4.79 Å². The molecule has 8 heteroatoms. The maximum absolute atomic E-state index is 12.7. The highest BCUT2D eigenvalue weighted by Crippen LogP contribution is 2.23. The van der Waals surface area contributed by atoms with Gasteiger partial charge in [0.25, 0.3) is 0 Å². The van der Waals surface area contributed by atoms with Crippen molar-refractivity contribution in [1.29, 1.82) is 0 Å². The van der Waals surface area contributed by atoms with Crippen LogP contribution < -0.4 is 11.1 Å². The summed E-state index contributed by atoms with van der Waals surface area (Å²) in [5, 5.41) is 5.73. The molecule has 0 bridgehead atoms. The average Bonchev–Trinajstić information content (AvgIpc) is 2.82. The number of aromatic nitrogens is 2. The first-order chi connectivity index (χ1) is 16.0. The van der Waals surface area contributed by atoms with E-state index in [2.05, 4.69) is 38.2 Å². The van der Waals surface area contributed by atoms with Gasteiger partial charge >= 0.3 is 0 Å². The number of ketones is 1. The van der Waals surface area contributed by atoms with Crippen LogP contribution in [-0.2, 0) is 6.42 Å². The lowest BCUT2D eigenvalue weighted by Crippen LogP contribution is -2.44. The molecular weight excluding hydrogens is 448 g/mol. The van der Waals surface area contributed by atoms with Crippen LogP contribution in [0, 0.1) is 0 Å². The standard InChI is InChI=1S/C25H31ClN6O.CH4/c1-31-11-13-32(14-12-31)10-2-8-29-25-22(26)16-20(17-30-25)23(33)6-4-18-3-5-21-19(15-18)7-9-28-24(21)27;/h3,5,7,9,15-17H,2,4,6,8,10-14H2,1H3,(H2,27,28)(H,29,30);1H4. The van der Waals surface area contributed by atoms with E-state index in [1.807, 2.05) is 18.2 Å². The number of nitrogens with two attached hydrogens (primary N) is 1. The third-order valence-electron chi connectivity index (χ3n) is 6.20. The van der Waals surface area contributed by atoms with E-state index in [0.717, 1.165) is 62.0 Å². The molecule has 1 aromatic carbocycles. The van der Waals surface area contributed by atoms with E-state index < -0.39 is 0 Å². The van der Waals surface area contributed by atoms with Crippen molar-refractivity contribution in [3.63, 3.8) is 0 Å². The SMILES string of the molecule is C.CN1CCN(CCCNc2ncc(C(=O)CCc3ccc4c(N)nccc4c3)cc2Cl)CC1. The molecular formula is C26H35ClN6O. The van der Waals surface area contributed by atoms with Gasteiger partial charge < -0.3 is 20.9 Å². The molecule has 1 aliphatic heterocycles. The summed E-state index contributed by atoms with van der Waals surface area (Å²) in [6.45, 7) is 6.36. The number of likely N-dealkylation sites (N-methyl/N-ethyl adjacent to an activating group) is 1. The molecule has 7 nitrogen and oxygen atoms in total. The maximum Gasteiger partial charge on any atom is 0.164 e. The number of nitrogens with zero attached hydrogens (tertiary/aromatic N) is 4. The van der Waals surface area contributed by atoms with Crippen molar-refractivity contribution in [1.82, 2.24) is 19.8 Å². The van der Waals surface area contributed by atoms with Gasteiger partial charge in [0, 0.05) is 62.5 Å². The lowest BCUT2D eigenvalue weighted by molar-refractivity contribution is 0.0982. The van der Waals surface area contributed by atoms with Gasteiger partial charge in [0.15, 0.2) is 5.78 Å². The normalized spacial score (nSPS) is 14.6. The minimum absolute atomic E-state index is 0. The van der Waals surface area contributed by atoms with Gasteiger partial charge in [0.2, 0.25) is 0 Å². The molecule has 2 aromatic heterocycles. The molecule has 0 amide bonds. The zero-order chi connectivity index (χ0) is 23.2. The van der Waals surface area contributed by atoms with Crippen molar-refractivity contribution >= 4 is 39.8 Å². The van der Waals surface area contributed by atoms with Crippen molar-refractivity contribution in [2.75, 3.05) is 57.4 Å². The van der Waals surface area contributed by atoms with E-state index in [0.29, 0.717) is 35.1 Å². The van der Waals surface area contributed by atoms with E-state index in [1.54, 1.807) is 18.5 Å². The fourth-order valence-electron chi connectivity index (χ4n) is 4.11. The third kappa shape index (κ3) is 6.65. The number of fused-ring (bicyclic) bond motifs is 1. The molecule has 34 heavy (non-hydrogen) atoms. The van der Waals surface area contributed by atoms with E-state index in [9.17, 15) is 4.79 Å². The number of piperazine rings is 1. The Balaban J connectivity index is 0.00000324. The van der Waals surface area contributed by atoms with Crippen LogP contribution in [0.2, 0.25) is 5.02 Å². The minimum Gasteiger partial charge on any atom is -0.383 e. The molecule has 3 N–H and O–H groups in total. The van der Waals surface area contributed by atoms with E-state index in [1.165, 1.54) is 0 Å². The Bertz CT molecular complexity index is 1110. The first-order valence-corrected chi connectivity index (χ1v) is 11.8. The lowest BCUT2D eigenvalue weighted by Gasteiger charge is -2.32. The molecule has 182 valence electrons. The van der Waals surface area contributed by atoms with Crippen molar-refractivity contribution in [3.8, 4) is 0 Å². The van der Waals surface area contributed by atoms with Gasteiger partial charge in [-0.15, -0.1) is 0 Å². The van der Waals surface area contributed by atoms with Crippen LogP contribution in [0.15, 0.2) is 42.7 Å². The second-order valence-electron chi connectivity index (χ2n) is 8.65. The molecule has 0 unspecified atom stereocenters. The summed E-state index contributed by atoms with van der Waals surface area (Å²) in [5.74, 6) is 1.18. The van der Waals surface area contributed by atoms with Crippen molar-refractivity contribution in [2.45, 2.75) is 26.7 Å². The molecule has 3 aromatic rings. The summed E-state index contributed by atoms with van der Waals surface area (Å²) < 4.78 is 0. The highest BCUT2D eigenvalue weighted by molar-refractivity contribution is 6.33. The Morgan fingerprint density at radius 2 is 1.94 bits per heavy atom. The fraction of sp³-hybridized carbons (Fsp3) is 0.423. The molecule has 0 aliphatic carbocycles. The summed E-state index contributed by atoms with van der Waals surface area (Å²) in [5.41, 5.74) is 7.54. The van der Waals surface area contributed by atoms with Gasteiger partial charge in [-0.1, -0.05) is 37.2 Å². The molecule has 3 heterocycles. The first-order valence-electron chi connectivity index (χ1n) is 11.5. The summed E-state index contributed by atoms with van der Waals surface area (Å²) >= 11 is 6.40. The molecule has 1 aliphatic rings. The summed E-state index contributed by atoms with van der Waals surface area (Å²) in [6.07, 6.45) is 5.37. The van der Waals surface area contributed by atoms with Gasteiger partial charge in [0.1, 0.15) is 11.6 Å². The Hall–Kier alpha value is -2.74. The van der Waals surface area contributed by atoms with Gasteiger partial charge in [-0.05, 0) is 49.5 Å². The largest absolute Gasteiger partial charge is 0.383 e. The summed E-state index contributed by atoms with van der Waals surface area (Å²) in [4.78, 5) is 26.0. The van der Waals surface area contributed by atoms with Crippen LogP contribution in [-0.4, -0.2) is 71.9 Å². The number of anilines is 2. The van der Waals surface area contributed by atoms with Crippen LogP contribution in [0.1, 0.15) is 36.2 Å². The fourth-order valence-corrected chi connectivity index (χ4v) is 4.34. The van der Waals surface area contributed by atoms with Crippen LogP contribution in [0.25, 0.3) is 10.8 Å². The van der Waals surface area contributed by atoms with Crippen molar-refractivity contribution in [2.24, 2.45) is 0 Å². The summed E-state index contributed by atoms with van der Waals surface area (Å²) in [7, 11) is 2.17. The number of rotatable bonds is 9. The molecule has 1 saturated heterocycles. The number of Topliss-reactive ketones (excluding diaryl/α,β-unsaturated/α-hetero) is 1. The summed E-state index contributed by atoms with van der Waals surface area (Å²) in [6, 6.07) is 9.65. The Morgan fingerprint density at radius 1 is 1.15 bits per heavy atom. The predicted octanol–water partition coefficient (Wildman–Crippen LogP) is 4.37. The molecule has 0 saturated carbocycles. The number of hydrogen-bond donors (Lipinski definition) is 2. The zero-order valence-corrected chi connectivity index (χ0v) is 19.8. The third-order valence-corrected chi connectivity index (χ3v) is 6.49. The molecule has 0 radical (unpaired) electrons. The number of aryl methyl sites for hydroxylation is 1. The number of nitrogens with one attached hydrogen (secondary N) is 1. The Labute approximate surface area is 207 Å². The average molecular weight is 483 g/mol. The molecule has 1 fully saturated rings. The number of benzene rings is 1. The highest BCUT2D eigenvalue weighted by Gasteiger charge is 2.14. The minimum atomic E-state index is 0. The molecule has 0 atom stereocenters. The van der Waals surface area contributed by atoms with Crippen LogP contribution in [0.5, 0.6) is 0 Å². The number of carbonyl (C=O) groups excluding carboxylic acids is 1. The second-order valence-corrected chi connectivity index (χ2v) is 9.06. The maximum atomic E-state index is 12.7. The van der Waals surface area contributed by atoms with Crippen molar-refractivity contribution in [3.05, 3.63) is 58.9 Å². The second kappa shape index (κ2) is 12.1. The first kappa shape index (κ1) is 25.9. The van der Waals surface area contributed by atoms with E-state index in [-0.39, 0.29) is 13.2 Å². The highest BCUT2D eigenvalue weighted by atomic mass is 35.5. The lowest BCUT2D eigenvalue weighted by atomic mass is 10.0. The number of pyridine rings is 2. The number of halogens is 1. The quantitative estimate of drug-likeness (QED) is 0.346. The predicted molar refractivity (Wildman–Crippen MR) is 142 cm³/mol. The van der Waals surface area contributed by atoms with Crippen LogP contribution in [0.3, 0.4) is 0 Å². The Kier molecular flexibility index (Phi) is 9.21. The van der Waals surface area contributed by atoms with Crippen molar-refractivity contribution < 1.29 is 4.79 Å². The molecule has 0 spiro atoms. The van der Waals surface area contributed by atoms with Gasteiger partial charge in [-0.25, -0.2) is 9.97 Å². The van der Waals surface area contributed by atoms with Gasteiger partial charge in [-0.2, -0.15) is 0 Å². The number of nitrogen functional groups attached to an aromatic ring is 1. The topological polar surface area (TPSA) is 87.4 Å². The van der Waals surface area contributed by atoms with E-state index in [4.69, 9.17) is 17.3 Å². The smallest absolute Gasteiger partial charge is 0.164 e. The Morgan fingerprint density at radius 3 is 2.71 bits per heavy atom. The van der Waals surface area contributed by atoms with Crippen LogP contribution in [0.4, 0.5) is 11.6 Å². The molecule has 4 rings (SSSR count).